The Morgan fingerprint density at radius 3 is 2.76 bits per heavy atom. The molecule has 0 aromatic heterocycles. The third-order valence-corrected chi connectivity index (χ3v) is 3.50. The van der Waals surface area contributed by atoms with Gasteiger partial charge in [0.1, 0.15) is 5.82 Å². The molecule has 1 saturated heterocycles. The van der Waals surface area contributed by atoms with Crippen molar-refractivity contribution in [3.8, 4) is 0 Å². The van der Waals surface area contributed by atoms with Crippen LogP contribution in [0.25, 0.3) is 0 Å². The molecule has 5 nitrogen and oxygen atoms in total. The second kappa shape index (κ2) is 6.67. The number of ether oxygens (including phenoxy) is 1. The Balaban J connectivity index is 1.86. The largest absolute Gasteiger partial charge is 0.478 e. The van der Waals surface area contributed by atoms with Crippen molar-refractivity contribution >= 4 is 17.6 Å². The van der Waals surface area contributed by atoms with E-state index in [4.69, 9.17) is 9.84 Å². The predicted octanol–water partition coefficient (Wildman–Crippen LogP) is 2.81. The number of halogens is 1. The molecule has 1 fully saturated rings. The molecule has 1 aromatic rings. The minimum Gasteiger partial charge on any atom is -0.478 e. The summed E-state index contributed by atoms with van der Waals surface area (Å²) < 4.78 is 19.3. The van der Waals surface area contributed by atoms with Crippen LogP contribution >= 0.6 is 0 Å². The smallest absolute Gasteiger partial charge is 0.335 e. The molecule has 0 saturated carbocycles. The Bertz CT molecular complexity index is 546. The van der Waals surface area contributed by atoms with Crippen LogP contribution in [0, 0.1) is 5.82 Å². The second-order valence-electron chi connectivity index (χ2n) is 5.23. The number of carbonyl (C=O) groups excluding carboxylic acids is 1. The summed E-state index contributed by atoms with van der Waals surface area (Å²) in [6, 6.07) is 3.40. The number of carboxylic acids is 1. The number of amides is 1. The van der Waals surface area contributed by atoms with E-state index in [2.05, 4.69) is 5.32 Å². The maximum absolute atomic E-state index is 13.7. The Morgan fingerprint density at radius 2 is 2.19 bits per heavy atom. The zero-order valence-electron chi connectivity index (χ0n) is 11.8. The number of benzene rings is 1. The third-order valence-electron chi connectivity index (χ3n) is 3.50. The van der Waals surface area contributed by atoms with Crippen LogP contribution in [-0.4, -0.2) is 29.2 Å². The summed E-state index contributed by atoms with van der Waals surface area (Å²) in [6.45, 7) is 2.00. The lowest BCUT2D eigenvalue weighted by Gasteiger charge is -2.11. The zero-order chi connectivity index (χ0) is 15.4. The minimum atomic E-state index is -1.21. The third kappa shape index (κ3) is 4.26. The molecular weight excluding hydrogens is 277 g/mol. The molecule has 2 unspecified atom stereocenters. The summed E-state index contributed by atoms with van der Waals surface area (Å²) >= 11 is 0. The van der Waals surface area contributed by atoms with Gasteiger partial charge in [-0.05, 0) is 44.4 Å². The predicted molar refractivity (Wildman–Crippen MR) is 74.8 cm³/mol. The van der Waals surface area contributed by atoms with E-state index in [1.165, 1.54) is 12.1 Å². The number of rotatable bonds is 5. The molecular formula is C15H18FNO4. The van der Waals surface area contributed by atoms with E-state index in [0.29, 0.717) is 6.42 Å². The van der Waals surface area contributed by atoms with Crippen molar-refractivity contribution in [2.45, 2.75) is 44.8 Å². The van der Waals surface area contributed by atoms with Crippen LogP contribution in [-0.2, 0) is 9.53 Å². The Kier molecular flexibility index (Phi) is 4.90. The van der Waals surface area contributed by atoms with Crippen molar-refractivity contribution in [3.63, 3.8) is 0 Å². The number of aromatic carboxylic acids is 1. The average Bonchev–Trinajstić information content (AvgIpc) is 2.84. The van der Waals surface area contributed by atoms with Gasteiger partial charge in [-0.2, -0.15) is 0 Å². The highest BCUT2D eigenvalue weighted by Gasteiger charge is 2.22. The van der Waals surface area contributed by atoms with Crippen molar-refractivity contribution in [2.75, 3.05) is 5.32 Å². The van der Waals surface area contributed by atoms with Crippen LogP contribution in [0.3, 0.4) is 0 Å². The molecule has 0 bridgehead atoms. The maximum Gasteiger partial charge on any atom is 0.335 e. The van der Waals surface area contributed by atoms with E-state index in [0.717, 1.165) is 18.9 Å². The van der Waals surface area contributed by atoms with E-state index in [1.54, 1.807) is 0 Å². The summed E-state index contributed by atoms with van der Waals surface area (Å²) in [5, 5.41) is 11.2. The number of carboxylic acid groups (broad SMARTS) is 1. The molecule has 1 aliphatic heterocycles. The summed E-state index contributed by atoms with van der Waals surface area (Å²) in [5.74, 6) is -2.27. The average molecular weight is 295 g/mol. The molecule has 0 radical (unpaired) electrons. The normalized spacial score (nSPS) is 21.2. The highest BCUT2D eigenvalue weighted by Crippen LogP contribution is 2.23. The molecule has 1 aliphatic rings. The standard InChI is InChI=1S/C15H18FNO4/c1-9-2-4-11(21-9)5-7-14(18)17-13-6-3-10(15(19)20)8-12(13)16/h3,6,8-9,11H,2,4-5,7H2,1H3,(H,17,18)(H,19,20). The van der Waals surface area contributed by atoms with Gasteiger partial charge in [0.25, 0.3) is 0 Å². The number of carbonyl (C=O) groups is 2. The fraction of sp³-hybridized carbons (Fsp3) is 0.467. The molecule has 2 rings (SSSR count). The SMILES string of the molecule is CC1CCC(CCC(=O)Nc2ccc(C(=O)O)cc2F)O1. The lowest BCUT2D eigenvalue weighted by atomic mass is 10.1. The van der Waals surface area contributed by atoms with Gasteiger partial charge >= 0.3 is 5.97 Å². The summed E-state index contributed by atoms with van der Waals surface area (Å²) in [5.41, 5.74) is -0.162. The topological polar surface area (TPSA) is 75.6 Å². The molecule has 2 atom stereocenters. The molecule has 21 heavy (non-hydrogen) atoms. The molecule has 2 N–H and O–H groups in total. The highest BCUT2D eigenvalue weighted by atomic mass is 19.1. The van der Waals surface area contributed by atoms with E-state index in [1.807, 2.05) is 6.92 Å². The van der Waals surface area contributed by atoms with Crippen molar-refractivity contribution < 1.29 is 23.8 Å². The van der Waals surface area contributed by atoms with Gasteiger partial charge in [0.05, 0.1) is 23.5 Å². The van der Waals surface area contributed by atoms with Gasteiger partial charge in [0.15, 0.2) is 0 Å². The Hall–Kier alpha value is -1.95. The summed E-state index contributed by atoms with van der Waals surface area (Å²) in [6.07, 6.45) is 3.11. The van der Waals surface area contributed by atoms with Gasteiger partial charge in [0.2, 0.25) is 5.91 Å². The first kappa shape index (κ1) is 15.4. The van der Waals surface area contributed by atoms with Crippen LogP contribution in [0.4, 0.5) is 10.1 Å². The fourth-order valence-corrected chi connectivity index (χ4v) is 2.35. The Morgan fingerprint density at radius 1 is 1.43 bits per heavy atom. The lowest BCUT2D eigenvalue weighted by molar-refractivity contribution is -0.116. The molecule has 0 spiro atoms. The highest BCUT2D eigenvalue weighted by molar-refractivity contribution is 5.92. The fourth-order valence-electron chi connectivity index (χ4n) is 2.35. The van der Waals surface area contributed by atoms with Gasteiger partial charge < -0.3 is 15.2 Å². The van der Waals surface area contributed by atoms with Crippen molar-refractivity contribution in [1.82, 2.24) is 0 Å². The van der Waals surface area contributed by atoms with Crippen LogP contribution < -0.4 is 5.32 Å². The van der Waals surface area contributed by atoms with Crippen LogP contribution in [0.5, 0.6) is 0 Å². The number of anilines is 1. The van der Waals surface area contributed by atoms with Gasteiger partial charge in [0, 0.05) is 6.42 Å². The lowest BCUT2D eigenvalue weighted by Crippen LogP contribution is -2.16. The molecule has 0 aliphatic carbocycles. The van der Waals surface area contributed by atoms with E-state index in [9.17, 15) is 14.0 Å². The van der Waals surface area contributed by atoms with E-state index < -0.39 is 11.8 Å². The Labute approximate surface area is 122 Å². The van der Waals surface area contributed by atoms with Crippen LogP contribution in [0.1, 0.15) is 43.0 Å². The maximum atomic E-state index is 13.7. The van der Waals surface area contributed by atoms with Gasteiger partial charge in [-0.25, -0.2) is 9.18 Å². The van der Waals surface area contributed by atoms with E-state index in [-0.39, 0.29) is 35.8 Å². The molecule has 1 aromatic carbocycles. The summed E-state index contributed by atoms with van der Waals surface area (Å²) in [7, 11) is 0. The van der Waals surface area contributed by atoms with Gasteiger partial charge in [-0.1, -0.05) is 0 Å². The second-order valence-corrected chi connectivity index (χ2v) is 5.23. The van der Waals surface area contributed by atoms with Crippen molar-refractivity contribution in [3.05, 3.63) is 29.6 Å². The molecule has 1 heterocycles. The van der Waals surface area contributed by atoms with Crippen LogP contribution in [0.15, 0.2) is 18.2 Å². The van der Waals surface area contributed by atoms with Gasteiger partial charge in [-0.15, -0.1) is 0 Å². The number of nitrogens with one attached hydrogen (secondary N) is 1. The zero-order valence-corrected chi connectivity index (χ0v) is 11.8. The van der Waals surface area contributed by atoms with Crippen molar-refractivity contribution in [1.29, 1.82) is 0 Å². The first-order valence-corrected chi connectivity index (χ1v) is 6.94. The summed E-state index contributed by atoms with van der Waals surface area (Å²) in [4.78, 5) is 22.5. The number of hydrogen-bond acceptors (Lipinski definition) is 3. The molecule has 114 valence electrons. The van der Waals surface area contributed by atoms with Crippen molar-refractivity contribution in [2.24, 2.45) is 0 Å². The van der Waals surface area contributed by atoms with Gasteiger partial charge in [-0.3, -0.25) is 4.79 Å². The first-order valence-electron chi connectivity index (χ1n) is 6.94. The molecule has 1 amide bonds. The molecule has 6 heteroatoms. The minimum absolute atomic E-state index is 0.00860. The van der Waals surface area contributed by atoms with Crippen LogP contribution in [0.2, 0.25) is 0 Å². The van der Waals surface area contributed by atoms with E-state index >= 15 is 0 Å². The quantitative estimate of drug-likeness (QED) is 0.876. The monoisotopic (exact) mass is 295 g/mol. The number of hydrogen-bond donors (Lipinski definition) is 2. The first-order chi connectivity index (χ1) is 9.95.